The lowest BCUT2D eigenvalue weighted by Gasteiger charge is -2.29. The number of piperidine rings is 1. The fourth-order valence-electron chi connectivity index (χ4n) is 5.08. The number of nitrogens with one attached hydrogen (secondary N) is 1. The Morgan fingerprint density at radius 1 is 1.03 bits per heavy atom. The van der Waals surface area contributed by atoms with Crippen LogP contribution in [0.4, 0.5) is 0 Å². The molecule has 1 N–H and O–H groups in total. The monoisotopic (exact) mass is 401 g/mol. The first-order valence-corrected chi connectivity index (χ1v) is 10.9. The molecule has 3 heterocycles. The van der Waals surface area contributed by atoms with Gasteiger partial charge in [0.25, 0.3) is 5.91 Å². The van der Waals surface area contributed by atoms with Gasteiger partial charge in [-0.05, 0) is 43.9 Å². The molecule has 3 aromatic rings. The maximum atomic E-state index is 13.3. The van der Waals surface area contributed by atoms with Crippen LogP contribution in [-0.4, -0.2) is 46.2 Å². The number of aromatic amines is 1. The van der Waals surface area contributed by atoms with E-state index in [-0.39, 0.29) is 17.9 Å². The normalized spacial score (nSPS) is 18.8. The predicted octanol–water partition coefficient (Wildman–Crippen LogP) is 4.42. The molecular formula is C25H27N3O2. The Bertz CT molecular complexity index is 1110. The van der Waals surface area contributed by atoms with Gasteiger partial charge in [-0.3, -0.25) is 9.59 Å². The number of para-hydroxylation sites is 1. The van der Waals surface area contributed by atoms with E-state index in [2.05, 4.69) is 24.0 Å². The van der Waals surface area contributed by atoms with E-state index < -0.39 is 0 Å². The molecule has 154 valence electrons. The molecule has 0 spiro atoms. The van der Waals surface area contributed by atoms with Crippen LogP contribution in [0.3, 0.4) is 0 Å². The molecule has 2 amide bonds. The fourth-order valence-corrected chi connectivity index (χ4v) is 5.08. The minimum Gasteiger partial charge on any atom is -0.358 e. The third kappa shape index (κ3) is 3.09. The number of rotatable bonds is 4. The number of carbonyl (C=O) groups is 2. The lowest BCUT2D eigenvalue weighted by molar-refractivity contribution is -0.132. The Morgan fingerprint density at radius 2 is 1.77 bits per heavy atom. The van der Waals surface area contributed by atoms with Crippen LogP contribution in [0, 0.1) is 6.92 Å². The number of aromatic nitrogens is 1. The minimum absolute atomic E-state index is 0.0201. The first kappa shape index (κ1) is 18.9. The van der Waals surface area contributed by atoms with Gasteiger partial charge in [-0.1, -0.05) is 36.4 Å². The zero-order valence-corrected chi connectivity index (χ0v) is 17.4. The molecule has 5 nitrogen and oxygen atoms in total. The van der Waals surface area contributed by atoms with Crippen molar-refractivity contribution < 1.29 is 9.59 Å². The zero-order chi connectivity index (χ0) is 20.7. The number of H-pyrrole nitrogens is 1. The second-order valence-corrected chi connectivity index (χ2v) is 8.39. The molecule has 5 rings (SSSR count). The number of fused-ring (bicyclic) bond motifs is 2. The van der Waals surface area contributed by atoms with Crippen LogP contribution < -0.4 is 0 Å². The third-order valence-corrected chi connectivity index (χ3v) is 6.55. The molecule has 0 saturated carbocycles. The molecule has 0 unspecified atom stereocenters. The quantitative estimate of drug-likeness (QED) is 0.703. The third-order valence-electron chi connectivity index (χ3n) is 6.55. The molecular weight excluding hydrogens is 374 g/mol. The number of benzene rings is 2. The SMILES string of the molecule is Cc1[nH]c2ccccc2c1[C@@H]1c2ccccc2C(=O)N1CCC(=O)N1CCCCC1. The molecule has 5 heteroatoms. The van der Waals surface area contributed by atoms with Gasteiger partial charge in [0.15, 0.2) is 0 Å². The smallest absolute Gasteiger partial charge is 0.255 e. The van der Waals surface area contributed by atoms with Gasteiger partial charge in [-0.2, -0.15) is 0 Å². The van der Waals surface area contributed by atoms with E-state index in [4.69, 9.17) is 0 Å². The molecule has 0 aliphatic carbocycles. The molecule has 2 aliphatic rings. The van der Waals surface area contributed by atoms with Gasteiger partial charge >= 0.3 is 0 Å². The predicted molar refractivity (Wildman–Crippen MR) is 117 cm³/mol. The summed E-state index contributed by atoms with van der Waals surface area (Å²) in [5.74, 6) is 0.180. The number of hydrogen-bond donors (Lipinski definition) is 1. The van der Waals surface area contributed by atoms with Gasteiger partial charge in [-0.25, -0.2) is 0 Å². The molecule has 2 aliphatic heterocycles. The molecule has 1 atom stereocenters. The van der Waals surface area contributed by atoms with Crippen molar-refractivity contribution >= 4 is 22.7 Å². The highest BCUT2D eigenvalue weighted by atomic mass is 16.2. The van der Waals surface area contributed by atoms with Crippen molar-refractivity contribution in [2.75, 3.05) is 19.6 Å². The van der Waals surface area contributed by atoms with Crippen LogP contribution in [0.1, 0.15) is 58.9 Å². The summed E-state index contributed by atoms with van der Waals surface area (Å²) in [6.07, 6.45) is 3.73. The van der Waals surface area contributed by atoms with E-state index in [0.717, 1.165) is 59.2 Å². The highest BCUT2D eigenvalue weighted by molar-refractivity contribution is 6.01. The first-order valence-electron chi connectivity index (χ1n) is 10.9. The van der Waals surface area contributed by atoms with Gasteiger partial charge in [0.05, 0.1) is 6.04 Å². The Kier molecular flexibility index (Phi) is 4.81. The van der Waals surface area contributed by atoms with Crippen LogP contribution in [0.2, 0.25) is 0 Å². The number of amides is 2. The van der Waals surface area contributed by atoms with E-state index in [1.807, 2.05) is 46.2 Å². The number of hydrogen-bond acceptors (Lipinski definition) is 2. The van der Waals surface area contributed by atoms with E-state index >= 15 is 0 Å². The lowest BCUT2D eigenvalue weighted by Crippen LogP contribution is -2.38. The van der Waals surface area contributed by atoms with Gasteiger partial charge in [0, 0.05) is 53.8 Å². The van der Waals surface area contributed by atoms with E-state index in [1.165, 1.54) is 6.42 Å². The second-order valence-electron chi connectivity index (χ2n) is 8.39. The standard InChI is InChI=1S/C25H27N3O2/c1-17-23(20-11-5-6-12-21(20)26-17)24-18-9-3-4-10-19(18)25(30)28(24)16-13-22(29)27-14-7-2-8-15-27/h3-6,9-12,24,26H,2,7-8,13-16H2,1H3/t24-/m0/s1. The average molecular weight is 402 g/mol. The van der Waals surface area contributed by atoms with Crippen LogP contribution in [-0.2, 0) is 4.79 Å². The van der Waals surface area contributed by atoms with Crippen molar-refractivity contribution in [2.45, 2.75) is 38.6 Å². The fraction of sp³-hybridized carbons (Fsp3) is 0.360. The maximum Gasteiger partial charge on any atom is 0.255 e. The summed E-state index contributed by atoms with van der Waals surface area (Å²) >= 11 is 0. The average Bonchev–Trinajstić information content (AvgIpc) is 3.25. The Hall–Kier alpha value is -3.08. The highest BCUT2D eigenvalue weighted by Gasteiger charge is 2.39. The first-order chi connectivity index (χ1) is 14.6. The number of nitrogens with zero attached hydrogens (tertiary/aromatic N) is 2. The Morgan fingerprint density at radius 3 is 2.60 bits per heavy atom. The van der Waals surface area contributed by atoms with E-state index in [1.54, 1.807) is 0 Å². The summed E-state index contributed by atoms with van der Waals surface area (Å²) in [6.45, 7) is 4.19. The number of likely N-dealkylation sites (tertiary alicyclic amines) is 1. The molecule has 0 bridgehead atoms. The summed E-state index contributed by atoms with van der Waals surface area (Å²) in [6, 6.07) is 15.9. The van der Waals surface area contributed by atoms with Gasteiger partial charge in [0.1, 0.15) is 0 Å². The topological polar surface area (TPSA) is 56.4 Å². The maximum absolute atomic E-state index is 13.3. The van der Waals surface area contributed by atoms with E-state index in [0.29, 0.717) is 13.0 Å². The van der Waals surface area contributed by atoms with Gasteiger partial charge in [0.2, 0.25) is 5.91 Å². The summed E-state index contributed by atoms with van der Waals surface area (Å²) in [5, 5.41) is 1.14. The van der Waals surface area contributed by atoms with Crippen molar-refractivity contribution in [1.82, 2.24) is 14.8 Å². The van der Waals surface area contributed by atoms with Crippen molar-refractivity contribution in [3.8, 4) is 0 Å². The summed E-state index contributed by atoms with van der Waals surface area (Å²) in [5.41, 5.74) is 5.05. The Labute approximate surface area is 176 Å². The van der Waals surface area contributed by atoms with Crippen LogP contribution in [0.15, 0.2) is 48.5 Å². The van der Waals surface area contributed by atoms with Gasteiger partial charge in [-0.15, -0.1) is 0 Å². The van der Waals surface area contributed by atoms with Gasteiger partial charge < -0.3 is 14.8 Å². The summed E-state index contributed by atoms with van der Waals surface area (Å²) < 4.78 is 0. The summed E-state index contributed by atoms with van der Waals surface area (Å²) in [7, 11) is 0. The summed E-state index contributed by atoms with van der Waals surface area (Å²) in [4.78, 5) is 33.5. The molecule has 30 heavy (non-hydrogen) atoms. The molecule has 0 radical (unpaired) electrons. The largest absolute Gasteiger partial charge is 0.358 e. The van der Waals surface area contributed by atoms with Crippen LogP contribution in [0.25, 0.3) is 10.9 Å². The minimum atomic E-state index is -0.168. The molecule has 1 fully saturated rings. The van der Waals surface area contributed by atoms with Crippen molar-refractivity contribution in [2.24, 2.45) is 0 Å². The zero-order valence-electron chi connectivity index (χ0n) is 17.4. The number of aryl methyl sites for hydroxylation is 1. The van der Waals surface area contributed by atoms with Crippen LogP contribution >= 0.6 is 0 Å². The van der Waals surface area contributed by atoms with Crippen molar-refractivity contribution in [3.63, 3.8) is 0 Å². The lowest BCUT2D eigenvalue weighted by atomic mass is 9.95. The van der Waals surface area contributed by atoms with Crippen molar-refractivity contribution in [1.29, 1.82) is 0 Å². The van der Waals surface area contributed by atoms with E-state index in [9.17, 15) is 9.59 Å². The molecule has 2 aromatic carbocycles. The second kappa shape index (κ2) is 7.63. The van der Waals surface area contributed by atoms with Crippen molar-refractivity contribution in [3.05, 3.63) is 70.9 Å². The molecule has 1 saturated heterocycles. The number of carbonyl (C=O) groups excluding carboxylic acids is 2. The van der Waals surface area contributed by atoms with Crippen LogP contribution in [0.5, 0.6) is 0 Å². The Balaban J connectivity index is 1.50. The molecule has 1 aromatic heterocycles. The highest BCUT2D eigenvalue weighted by Crippen LogP contribution is 2.42.